The molecular weight excluding hydrogens is 308 g/mol. The van der Waals surface area contributed by atoms with Crippen LogP contribution >= 0.6 is 11.6 Å². The number of halogens is 1. The molecule has 9 heteroatoms. The zero-order chi connectivity index (χ0) is 15.6. The summed E-state index contributed by atoms with van der Waals surface area (Å²) < 4.78 is 26.3. The van der Waals surface area contributed by atoms with Crippen molar-refractivity contribution in [3.8, 4) is 0 Å². The molecule has 1 rings (SSSR count). The van der Waals surface area contributed by atoms with Crippen molar-refractivity contribution < 1.29 is 18.4 Å². The number of benzene rings is 1. The molecule has 0 atom stereocenters. The minimum atomic E-state index is -3.90. The van der Waals surface area contributed by atoms with E-state index in [2.05, 4.69) is 4.72 Å². The Hall–Kier alpha value is -1.22. The van der Waals surface area contributed by atoms with E-state index in [9.17, 15) is 18.5 Å². The summed E-state index contributed by atoms with van der Waals surface area (Å²) in [7, 11) is -3.90. The first-order chi connectivity index (χ1) is 9.09. The van der Waals surface area contributed by atoms with Crippen LogP contribution in [0.5, 0.6) is 0 Å². The maximum absolute atomic E-state index is 12.0. The molecule has 2 N–H and O–H groups in total. The Labute approximate surface area is 121 Å². The molecule has 0 aromatic heterocycles. The van der Waals surface area contributed by atoms with Crippen LogP contribution in [0.3, 0.4) is 0 Å². The average Bonchev–Trinajstić information content (AvgIpc) is 2.36. The molecule has 0 bridgehead atoms. The number of nitro benzene ring substituents is 1. The second kappa shape index (κ2) is 6.04. The minimum absolute atomic E-state index is 0.00224. The maximum Gasteiger partial charge on any atom is 0.289 e. The van der Waals surface area contributed by atoms with Gasteiger partial charge in [0, 0.05) is 24.6 Å². The second-order valence-electron chi connectivity index (χ2n) is 5.02. The molecule has 20 heavy (non-hydrogen) atoms. The van der Waals surface area contributed by atoms with Gasteiger partial charge in [0.1, 0.15) is 5.02 Å². The molecule has 1 aromatic rings. The van der Waals surface area contributed by atoms with Gasteiger partial charge in [-0.2, -0.15) is 0 Å². The van der Waals surface area contributed by atoms with E-state index < -0.39 is 26.0 Å². The quantitative estimate of drug-likeness (QED) is 0.610. The van der Waals surface area contributed by atoms with Crippen LogP contribution < -0.4 is 4.72 Å². The monoisotopic (exact) mass is 322 g/mol. The van der Waals surface area contributed by atoms with Crippen LogP contribution in [-0.4, -0.2) is 31.6 Å². The van der Waals surface area contributed by atoms with Crippen molar-refractivity contribution in [2.24, 2.45) is 5.41 Å². The molecule has 0 aliphatic heterocycles. The lowest BCUT2D eigenvalue weighted by molar-refractivity contribution is -0.384. The Morgan fingerprint density at radius 1 is 1.45 bits per heavy atom. The summed E-state index contributed by atoms with van der Waals surface area (Å²) in [4.78, 5) is 9.74. The number of hydrogen-bond acceptors (Lipinski definition) is 5. The third kappa shape index (κ3) is 4.14. The summed E-state index contributed by atoms with van der Waals surface area (Å²) in [6, 6.07) is 3.24. The van der Waals surface area contributed by atoms with Gasteiger partial charge >= 0.3 is 0 Å². The van der Waals surface area contributed by atoms with Gasteiger partial charge in [-0.15, -0.1) is 0 Å². The highest BCUT2D eigenvalue weighted by atomic mass is 35.5. The molecule has 0 aliphatic rings. The van der Waals surface area contributed by atoms with Gasteiger partial charge in [-0.25, -0.2) is 13.1 Å². The minimum Gasteiger partial charge on any atom is -0.396 e. The molecule has 0 saturated carbocycles. The Kier molecular flexibility index (Phi) is 5.09. The molecule has 0 amide bonds. The zero-order valence-electron chi connectivity index (χ0n) is 11.0. The maximum atomic E-state index is 12.0. The Morgan fingerprint density at radius 2 is 2.05 bits per heavy atom. The molecule has 112 valence electrons. The Balaban J connectivity index is 3.05. The van der Waals surface area contributed by atoms with E-state index in [1.807, 2.05) is 0 Å². The first-order valence-corrected chi connectivity index (χ1v) is 7.50. The van der Waals surface area contributed by atoms with Gasteiger partial charge in [-0.05, 0) is 12.1 Å². The lowest BCUT2D eigenvalue weighted by atomic mass is 9.96. The third-order valence-electron chi connectivity index (χ3n) is 2.59. The second-order valence-corrected chi connectivity index (χ2v) is 7.19. The van der Waals surface area contributed by atoms with Crippen molar-refractivity contribution in [3.05, 3.63) is 33.3 Å². The largest absolute Gasteiger partial charge is 0.396 e. The van der Waals surface area contributed by atoms with Gasteiger partial charge in [0.15, 0.2) is 0 Å². The lowest BCUT2D eigenvalue weighted by Crippen LogP contribution is -2.36. The smallest absolute Gasteiger partial charge is 0.289 e. The summed E-state index contributed by atoms with van der Waals surface area (Å²) in [6.45, 7) is 3.16. The molecule has 0 heterocycles. The van der Waals surface area contributed by atoms with E-state index in [0.29, 0.717) is 0 Å². The summed E-state index contributed by atoms with van der Waals surface area (Å²) >= 11 is 5.62. The average molecular weight is 323 g/mol. The van der Waals surface area contributed by atoms with Gasteiger partial charge in [-0.3, -0.25) is 10.1 Å². The van der Waals surface area contributed by atoms with E-state index in [1.54, 1.807) is 13.8 Å². The van der Waals surface area contributed by atoms with E-state index in [4.69, 9.17) is 16.7 Å². The SMILES string of the molecule is CC(C)(CO)CNS(=O)(=O)c1ccc(Cl)c([N+](=O)[O-])c1. The normalized spacial score (nSPS) is 12.4. The zero-order valence-corrected chi connectivity index (χ0v) is 12.5. The topological polar surface area (TPSA) is 110 Å². The van der Waals surface area contributed by atoms with Crippen molar-refractivity contribution in [3.63, 3.8) is 0 Å². The highest BCUT2D eigenvalue weighted by molar-refractivity contribution is 7.89. The van der Waals surface area contributed by atoms with E-state index in [1.165, 1.54) is 6.07 Å². The predicted molar refractivity (Wildman–Crippen MR) is 74.2 cm³/mol. The van der Waals surface area contributed by atoms with Crippen LogP contribution in [0.15, 0.2) is 23.1 Å². The molecule has 7 nitrogen and oxygen atoms in total. The van der Waals surface area contributed by atoms with Crippen molar-refractivity contribution in [2.75, 3.05) is 13.2 Å². The molecule has 0 unspecified atom stereocenters. The number of nitrogens with zero attached hydrogens (tertiary/aromatic N) is 1. The summed E-state index contributed by atoms with van der Waals surface area (Å²) in [6.07, 6.45) is 0. The summed E-state index contributed by atoms with van der Waals surface area (Å²) in [5.74, 6) is 0. The highest BCUT2D eigenvalue weighted by Crippen LogP contribution is 2.27. The fraction of sp³-hybridized carbons (Fsp3) is 0.455. The molecular formula is C11H15ClN2O5S. The molecule has 1 aromatic carbocycles. The first-order valence-electron chi connectivity index (χ1n) is 5.63. The number of aliphatic hydroxyl groups is 1. The Morgan fingerprint density at radius 3 is 2.55 bits per heavy atom. The molecule has 0 fully saturated rings. The molecule has 0 radical (unpaired) electrons. The number of sulfonamides is 1. The fourth-order valence-corrected chi connectivity index (χ4v) is 2.68. The molecule has 0 saturated heterocycles. The predicted octanol–water partition coefficient (Wildman–Crippen LogP) is 1.54. The number of nitrogens with one attached hydrogen (secondary N) is 1. The van der Waals surface area contributed by atoms with Gasteiger partial charge in [0.25, 0.3) is 5.69 Å². The van der Waals surface area contributed by atoms with Gasteiger partial charge in [-0.1, -0.05) is 25.4 Å². The number of rotatable bonds is 6. The number of nitro groups is 1. The van der Waals surface area contributed by atoms with Gasteiger partial charge in [0.2, 0.25) is 10.0 Å². The summed E-state index contributed by atoms with van der Waals surface area (Å²) in [5.41, 5.74) is -1.11. The standard InChI is InChI=1S/C11H15ClN2O5S/c1-11(2,7-15)6-13-20(18,19)8-3-4-9(12)10(5-8)14(16)17/h3-5,13,15H,6-7H2,1-2H3. The van der Waals surface area contributed by atoms with Crippen molar-refractivity contribution >= 4 is 27.3 Å². The number of aliphatic hydroxyl groups excluding tert-OH is 1. The van der Waals surface area contributed by atoms with E-state index in [-0.39, 0.29) is 23.1 Å². The van der Waals surface area contributed by atoms with Crippen LogP contribution in [0, 0.1) is 15.5 Å². The van der Waals surface area contributed by atoms with Crippen LogP contribution in [0.2, 0.25) is 5.02 Å². The summed E-state index contributed by atoms with van der Waals surface area (Å²) in [5, 5.41) is 19.7. The first kappa shape index (κ1) is 16.8. The van der Waals surface area contributed by atoms with Crippen LogP contribution in [-0.2, 0) is 10.0 Å². The van der Waals surface area contributed by atoms with Crippen molar-refractivity contribution in [1.29, 1.82) is 0 Å². The molecule has 0 spiro atoms. The van der Waals surface area contributed by atoms with Crippen LogP contribution in [0.25, 0.3) is 0 Å². The molecule has 0 aliphatic carbocycles. The lowest BCUT2D eigenvalue weighted by Gasteiger charge is -2.21. The van der Waals surface area contributed by atoms with Crippen LogP contribution in [0.1, 0.15) is 13.8 Å². The Bertz CT molecular complexity index is 615. The van der Waals surface area contributed by atoms with Crippen molar-refractivity contribution in [1.82, 2.24) is 4.72 Å². The highest BCUT2D eigenvalue weighted by Gasteiger charge is 2.24. The van der Waals surface area contributed by atoms with Crippen LogP contribution in [0.4, 0.5) is 5.69 Å². The third-order valence-corrected chi connectivity index (χ3v) is 4.31. The van der Waals surface area contributed by atoms with E-state index in [0.717, 1.165) is 12.1 Å². The van der Waals surface area contributed by atoms with Gasteiger partial charge < -0.3 is 5.11 Å². The van der Waals surface area contributed by atoms with Crippen molar-refractivity contribution in [2.45, 2.75) is 18.7 Å². The van der Waals surface area contributed by atoms with Gasteiger partial charge in [0.05, 0.1) is 9.82 Å². The number of hydrogen-bond donors (Lipinski definition) is 2. The van der Waals surface area contributed by atoms with E-state index >= 15 is 0 Å². The fourth-order valence-electron chi connectivity index (χ4n) is 1.23.